The summed E-state index contributed by atoms with van der Waals surface area (Å²) < 4.78 is 0. The Morgan fingerprint density at radius 3 is 2.50 bits per heavy atom. The molecule has 0 spiro atoms. The maximum atomic E-state index is 3.44. The van der Waals surface area contributed by atoms with E-state index >= 15 is 0 Å². The Morgan fingerprint density at radius 2 is 2.07 bits per heavy atom. The van der Waals surface area contributed by atoms with Crippen LogP contribution < -0.4 is 5.32 Å². The predicted octanol–water partition coefficient (Wildman–Crippen LogP) is 1.96. The molecule has 14 heavy (non-hydrogen) atoms. The van der Waals surface area contributed by atoms with E-state index in [0.717, 1.165) is 11.8 Å². The summed E-state index contributed by atoms with van der Waals surface area (Å²) in [6.45, 7) is 7.11. The van der Waals surface area contributed by atoms with Gasteiger partial charge in [-0.2, -0.15) is 0 Å². The zero-order chi connectivity index (χ0) is 10.6. The van der Waals surface area contributed by atoms with Crippen molar-refractivity contribution < 1.29 is 0 Å². The predicted molar refractivity (Wildman–Crippen MR) is 62.5 cm³/mol. The largest absolute Gasteiger partial charge is 0.315 e. The summed E-state index contributed by atoms with van der Waals surface area (Å²) in [5.41, 5.74) is 0. The van der Waals surface area contributed by atoms with Gasteiger partial charge in [0, 0.05) is 19.1 Å². The van der Waals surface area contributed by atoms with Crippen molar-refractivity contribution in [3.63, 3.8) is 0 Å². The molecule has 2 nitrogen and oxygen atoms in total. The monoisotopic (exact) mass is 198 g/mol. The van der Waals surface area contributed by atoms with Crippen LogP contribution in [0.25, 0.3) is 0 Å². The molecule has 0 saturated heterocycles. The molecule has 1 aliphatic carbocycles. The molecule has 1 N–H and O–H groups in total. The topological polar surface area (TPSA) is 15.3 Å². The molecule has 0 aromatic heterocycles. The lowest BCUT2D eigenvalue weighted by Crippen LogP contribution is -2.42. The Hall–Kier alpha value is -0.0800. The highest BCUT2D eigenvalue weighted by atomic mass is 15.1. The highest BCUT2D eigenvalue weighted by Crippen LogP contribution is 2.29. The first-order valence-electron chi connectivity index (χ1n) is 6.03. The fourth-order valence-electron chi connectivity index (χ4n) is 1.99. The van der Waals surface area contributed by atoms with E-state index in [1.165, 1.54) is 32.4 Å². The average Bonchev–Trinajstić information content (AvgIpc) is 2.96. The molecular weight excluding hydrogens is 172 g/mol. The molecule has 84 valence electrons. The van der Waals surface area contributed by atoms with Crippen LogP contribution in [-0.4, -0.2) is 38.1 Å². The van der Waals surface area contributed by atoms with Gasteiger partial charge in [-0.1, -0.05) is 20.3 Å². The molecule has 0 aliphatic heterocycles. The summed E-state index contributed by atoms with van der Waals surface area (Å²) in [7, 11) is 4.34. The first-order chi connectivity index (χ1) is 6.67. The van der Waals surface area contributed by atoms with Gasteiger partial charge in [0.2, 0.25) is 0 Å². The Bertz CT molecular complexity index is 154. The van der Waals surface area contributed by atoms with E-state index in [9.17, 15) is 0 Å². The second-order valence-corrected chi connectivity index (χ2v) is 4.95. The van der Waals surface area contributed by atoms with E-state index in [1.54, 1.807) is 0 Å². The van der Waals surface area contributed by atoms with Gasteiger partial charge in [-0.15, -0.1) is 0 Å². The van der Waals surface area contributed by atoms with Gasteiger partial charge in [0.1, 0.15) is 0 Å². The highest BCUT2D eigenvalue weighted by Gasteiger charge is 2.24. The SMILES string of the molecule is CCC(C)C(CN(C)CC1CC1)NC. The molecule has 0 aromatic carbocycles. The van der Waals surface area contributed by atoms with Crippen molar-refractivity contribution in [2.24, 2.45) is 11.8 Å². The van der Waals surface area contributed by atoms with E-state index in [2.05, 4.69) is 38.2 Å². The molecular formula is C12H26N2. The second-order valence-electron chi connectivity index (χ2n) is 4.95. The van der Waals surface area contributed by atoms with Crippen molar-refractivity contribution in [3.05, 3.63) is 0 Å². The van der Waals surface area contributed by atoms with Crippen LogP contribution in [-0.2, 0) is 0 Å². The van der Waals surface area contributed by atoms with Crippen molar-refractivity contribution >= 4 is 0 Å². The fraction of sp³-hybridized carbons (Fsp3) is 1.00. The third-order valence-electron chi connectivity index (χ3n) is 3.48. The Balaban J connectivity index is 2.22. The highest BCUT2D eigenvalue weighted by molar-refractivity contribution is 4.79. The van der Waals surface area contributed by atoms with E-state index < -0.39 is 0 Å². The molecule has 0 aromatic rings. The van der Waals surface area contributed by atoms with E-state index in [4.69, 9.17) is 0 Å². The minimum atomic E-state index is 0.656. The van der Waals surface area contributed by atoms with Crippen molar-refractivity contribution in [2.75, 3.05) is 27.2 Å². The summed E-state index contributed by atoms with van der Waals surface area (Å²) in [6.07, 6.45) is 4.18. The Morgan fingerprint density at radius 1 is 1.43 bits per heavy atom. The smallest absolute Gasteiger partial charge is 0.0217 e. The van der Waals surface area contributed by atoms with Crippen LogP contribution in [0.3, 0.4) is 0 Å². The van der Waals surface area contributed by atoms with Crippen molar-refractivity contribution in [3.8, 4) is 0 Å². The van der Waals surface area contributed by atoms with Gasteiger partial charge < -0.3 is 10.2 Å². The van der Waals surface area contributed by atoms with Gasteiger partial charge in [-0.05, 0) is 38.8 Å². The van der Waals surface area contributed by atoms with Crippen LogP contribution >= 0.6 is 0 Å². The van der Waals surface area contributed by atoms with Crippen LogP contribution in [0, 0.1) is 11.8 Å². The summed E-state index contributed by atoms with van der Waals surface area (Å²) >= 11 is 0. The standard InChI is InChI=1S/C12H26N2/c1-5-10(2)12(13-3)9-14(4)8-11-6-7-11/h10-13H,5-9H2,1-4H3. The fourth-order valence-corrected chi connectivity index (χ4v) is 1.99. The van der Waals surface area contributed by atoms with Gasteiger partial charge >= 0.3 is 0 Å². The van der Waals surface area contributed by atoms with Gasteiger partial charge in [0.05, 0.1) is 0 Å². The first-order valence-corrected chi connectivity index (χ1v) is 6.03. The molecule has 0 heterocycles. The van der Waals surface area contributed by atoms with Gasteiger partial charge in [-0.25, -0.2) is 0 Å². The number of hydrogen-bond acceptors (Lipinski definition) is 2. The molecule has 2 unspecified atom stereocenters. The zero-order valence-corrected chi connectivity index (χ0v) is 10.2. The summed E-state index contributed by atoms with van der Waals surface area (Å²) in [5, 5.41) is 3.44. The summed E-state index contributed by atoms with van der Waals surface area (Å²) in [6, 6.07) is 0.656. The van der Waals surface area contributed by atoms with Crippen LogP contribution in [0.5, 0.6) is 0 Å². The molecule has 0 bridgehead atoms. The third-order valence-corrected chi connectivity index (χ3v) is 3.48. The molecule has 2 atom stereocenters. The lowest BCUT2D eigenvalue weighted by atomic mass is 9.99. The van der Waals surface area contributed by atoms with Gasteiger partial charge in [-0.3, -0.25) is 0 Å². The normalized spacial score (nSPS) is 21.2. The number of nitrogens with zero attached hydrogens (tertiary/aromatic N) is 1. The minimum Gasteiger partial charge on any atom is -0.315 e. The maximum Gasteiger partial charge on any atom is 0.0217 e. The summed E-state index contributed by atoms with van der Waals surface area (Å²) in [4.78, 5) is 2.49. The van der Waals surface area contributed by atoms with Crippen molar-refractivity contribution in [1.82, 2.24) is 10.2 Å². The van der Waals surface area contributed by atoms with Crippen LogP contribution in [0.1, 0.15) is 33.1 Å². The average molecular weight is 198 g/mol. The van der Waals surface area contributed by atoms with E-state index in [-0.39, 0.29) is 0 Å². The van der Waals surface area contributed by atoms with Gasteiger partial charge in [0.15, 0.2) is 0 Å². The number of hydrogen-bond donors (Lipinski definition) is 1. The number of likely N-dealkylation sites (N-methyl/N-ethyl adjacent to an activating group) is 2. The van der Waals surface area contributed by atoms with E-state index in [1.807, 2.05) is 0 Å². The van der Waals surface area contributed by atoms with E-state index in [0.29, 0.717) is 6.04 Å². The lowest BCUT2D eigenvalue weighted by Gasteiger charge is -2.27. The Labute approximate surface area is 89.1 Å². The molecule has 1 rings (SSSR count). The molecule has 1 saturated carbocycles. The molecule has 0 amide bonds. The van der Waals surface area contributed by atoms with Crippen molar-refractivity contribution in [1.29, 1.82) is 0 Å². The quantitative estimate of drug-likeness (QED) is 0.673. The third kappa shape index (κ3) is 3.97. The maximum absolute atomic E-state index is 3.44. The van der Waals surface area contributed by atoms with Crippen molar-refractivity contribution in [2.45, 2.75) is 39.2 Å². The molecule has 1 fully saturated rings. The summed E-state index contributed by atoms with van der Waals surface area (Å²) in [5.74, 6) is 1.79. The van der Waals surface area contributed by atoms with Crippen LogP contribution in [0.2, 0.25) is 0 Å². The van der Waals surface area contributed by atoms with Crippen LogP contribution in [0.15, 0.2) is 0 Å². The van der Waals surface area contributed by atoms with Crippen LogP contribution in [0.4, 0.5) is 0 Å². The molecule has 2 heteroatoms. The lowest BCUT2D eigenvalue weighted by molar-refractivity contribution is 0.245. The molecule has 0 radical (unpaired) electrons. The minimum absolute atomic E-state index is 0.656. The van der Waals surface area contributed by atoms with Gasteiger partial charge in [0.25, 0.3) is 0 Å². The zero-order valence-electron chi connectivity index (χ0n) is 10.2. The number of rotatable bonds is 7. The molecule has 1 aliphatic rings. The first kappa shape index (κ1) is 12.0. The Kier molecular flexibility index (Phi) is 4.90. The number of nitrogens with one attached hydrogen (secondary N) is 1. The second kappa shape index (κ2) is 5.72.